The Hall–Kier alpha value is -2.82. The Morgan fingerprint density at radius 2 is 1.92 bits per heavy atom. The fourth-order valence-electron chi connectivity index (χ4n) is 3.68. The fraction of sp³-hybridized carbons (Fsp3) is 0.333. The molecule has 4 rings (SSSR count). The molecule has 2 heterocycles. The van der Waals surface area contributed by atoms with Crippen LogP contribution in [0.15, 0.2) is 48.7 Å². The lowest BCUT2D eigenvalue weighted by Gasteiger charge is -2.30. The Kier molecular flexibility index (Phi) is 4.61. The Bertz CT molecular complexity index is 889. The van der Waals surface area contributed by atoms with E-state index in [2.05, 4.69) is 15.3 Å². The molecular weight excluding hydrogens is 324 g/mol. The van der Waals surface area contributed by atoms with E-state index in [1.165, 1.54) is 0 Å². The smallest absolute Gasteiger partial charge is 0.131 e. The standard InChI is InChI=1S/C21H24N4O/c1-14-13-17(22)21-18(24-14)5-4-6-19(21)26-16-10-8-15(9-11-16)25-20-7-2-3-12-23-20/h2-7,12-13,15-16H,8-11H2,1H3,(H2,22,24)(H,23,25). The number of anilines is 2. The molecule has 0 amide bonds. The highest BCUT2D eigenvalue weighted by molar-refractivity contribution is 5.95. The van der Waals surface area contributed by atoms with Crippen molar-refractivity contribution in [2.24, 2.45) is 0 Å². The van der Waals surface area contributed by atoms with Gasteiger partial charge in [0, 0.05) is 23.6 Å². The Morgan fingerprint density at radius 1 is 1.08 bits per heavy atom. The topological polar surface area (TPSA) is 73.1 Å². The zero-order valence-corrected chi connectivity index (χ0v) is 15.0. The third-order valence-electron chi connectivity index (χ3n) is 4.94. The number of pyridine rings is 2. The van der Waals surface area contributed by atoms with Crippen molar-refractivity contribution in [1.82, 2.24) is 9.97 Å². The molecule has 26 heavy (non-hydrogen) atoms. The van der Waals surface area contributed by atoms with E-state index in [0.29, 0.717) is 6.04 Å². The summed E-state index contributed by atoms with van der Waals surface area (Å²) in [5.41, 5.74) is 8.78. The lowest BCUT2D eigenvalue weighted by Crippen LogP contribution is -2.31. The van der Waals surface area contributed by atoms with Crippen LogP contribution < -0.4 is 15.8 Å². The SMILES string of the molecule is Cc1cc(N)c2c(OC3CCC(Nc4ccccn4)CC3)cccc2n1. The molecule has 0 saturated heterocycles. The van der Waals surface area contributed by atoms with Crippen LogP contribution in [0.5, 0.6) is 5.75 Å². The number of nitrogens with two attached hydrogens (primary N) is 1. The second kappa shape index (κ2) is 7.20. The second-order valence-electron chi connectivity index (χ2n) is 6.95. The van der Waals surface area contributed by atoms with E-state index in [9.17, 15) is 0 Å². The summed E-state index contributed by atoms with van der Waals surface area (Å²) in [4.78, 5) is 8.92. The summed E-state index contributed by atoms with van der Waals surface area (Å²) in [6.45, 7) is 1.96. The molecule has 1 aliphatic rings. The van der Waals surface area contributed by atoms with Gasteiger partial charge in [0.15, 0.2) is 0 Å². The normalized spacial score (nSPS) is 20.0. The molecule has 1 fully saturated rings. The third-order valence-corrected chi connectivity index (χ3v) is 4.94. The van der Waals surface area contributed by atoms with Crippen LogP contribution in [-0.4, -0.2) is 22.1 Å². The van der Waals surface area contributed by atoms with Crippen molar-refractivity contribution in [1.29, 1.82) is 0 Å². The number of nitrogen functional groups attached to an aromatic ring is 1. The van der Waals surface area contributed by atoms with Crippen LogP contribution in [-0.2, 0) is 0 Å². The third kappa shape index (κ3) is 3.57. The van der Waals surface area contributed by atoms with Gasteiger partial charge < -0.3 is 15.8 Å². The van der Waals surface area contributed by atoms with Crippen molar-refractivity contribution in [2.45, 2.75) is 44.8 Å². The highest BCUT2D eigenvalue weighted by Gasteiger charge is 2.23. The van der Waals surface area contributed by atoms with Gasteiger partial charge in [-0.05, 0) is 62.9 Å². The molecule has 2 aromatic heterocycles. The summed E-state index contributed by atoms with van der Waals surface area (Å²) >= 11 is 0. The molecule has 1 aliphatic carbocycles. The Morgan fingerprint density at radius 3 is 2.69 bits per heavy atom. The molecule has 3 aromatic rings. The number of hydrogen-bond acceptors (Lipinski definition) is 5. The minimum atomic E-state index is 0.211. The minimum Gasteiger partial charge on any atom is -0.490 e. The van der Waals surface area contributed by atoms with Crippen molar-refractivity contribution in [3.05, 3.63) is 54.4 Å². The molecule has 0 spiro atoms. The lowest BCUT2D eigenvalue weighted by atomic mass is 9.93. The van der Waals surface area contributed by atoms with E-state index < -0.39 is 0 Å². The van der Waals surface area contributed by atoms with E-state index >= 15 is 0 Å². The van der Waals surface area contributed by atoms with Gasteiger partial charge in [0.2, 0.25) is 0 Å². The second-order valence-corrected chi connectivity index (χ2v) is 6.95. The highest BCUT2D eigenvalue weighted by Crippen LogP contribution is 2.33. The van der Waals surface area contributed by atoms with Crippen molar-refractivity contribution < 1.29 is 4.74 Å². The minimum absolute atomic E-state index is 0.211. The number of nitrogens with one attached hydrogen (secondary N) is 1. The van der Waals surface area contributed by atoms with Crippen LogP contribution in [0.25, 0.3) is 10.9 Å². The maximum atomic E-state index is 6.32. The summed E-state index contributed by atoms with van der Waals surface area (Å²) in [6.07, 6.45) is 6.19. The lowest BCUT2D eigenvalue weighted by molar-refractivity contribution is 0.152. The zero-order chi connectivity index (χ0) is 17.9. The number of fused-ring (bicyclic) bond motifs is 1. The van der Waals surface area contributed by atoms with Crippen LogP contribution in [0.4, 0.5) is 11.5 Å². The number of ether oxygens (including phenoxy) is 1. The highest BCUT2D eigenvalue weighted by atomic mass is 16.5. The van der Waals surface area contributed by atoms with E-state index in [0.717, 1.165) is 59.5 Å². The Labute approximate surface area is 153 Å². The number of rotatable bonds is 4. The van der Waals surface area contributed by atoms with Crippen molar-refractivity contribution in [2.75, 3.05) is 11.1 Å². The molecule has 134 valence electrons. The van der Waals surface area contributed by atoms with Gasteiger partial charge in [-0.15, -0.1) is 0 Å². The van der Waals surface area contributed by atoms with Gasteiger partial charge in [-0.25, -0.2) is 4.98 Å². The molecule has 5 heteroatoms. The van der Waals surface area contributed by atoms with Gasteiger partial charge in [-0.2, -0.15) is 0 Å². The number of benzene rings is 1. The van der Waals surface area contributed by atoms with Crippen LogP contribution in [0.1, 0.15) is 31.4 Å². The summed E-state index contributed by atoms with van der Waals surface area (Å²) in [5, 5.41) is 4.44. The van der Waals surface area contributed by atoms with Gasteiger partial charge in [0.1, 0.15) is 11.6 Å². The van der Waals surface area contributed by atoms with E-state index in [1.807, 2.05) is 55.6 Å². The molecule has 5 nitrogen and oxygen atoms in total. The predicted octanol–water partition coefficient (Wildman–Crippen LogP) is 4.32. The fourth-order valence-corrected chi connectivity index (χ4v) is 3.68. The monoisotopic (exact) mass is 348 g/mol. The zero-order valence-electron chi connectivity index (χ0n) is 15.0. The van der Waals surface area contributed by atoms with E-state index in [4.69, 9.17) is 10.5 Å². The van der Waals surface area contributed by atoms with Gasteiger partial charge >= 0.3 is 0 Å². The van der Waals surface area contributed by atoms with Gasteiger partial charge in [-0.3, -0.25) is 4.98 Å². The first-order valence-electron chi connectivity index (χ1n) is 9.19. The number of nitrogens with zero attached hydrogens (tertiary/aromatic N) is 2. The summed E-state index contributed by atoms with van der Waals surface area (Å²) in [7, 11) is 0. The summed E-state index contributed by atoms with van der Waals surface area (Å²) in [5.74, 6) is 1.79. The molecule has 1 aromatic carbocycles. The molecule has 0 radical (unpaired) electrons. The number of hydrogen-bond donors (Lipinski definition) is 2. The van der Waals surface area contributed by atoms with Crippen LogP contribution in [0.3, 0.4) is 0 Å². The van der Waals surface area contributed by atoms with Gasteiger partial charge in [-0.1, -0.05) is 12.1 Å². The summed E-state index contributed by atoms with van der Waals surface area (Å²) < 4.78 is 6.32. The average Bonchev–Trinajstić information content (AvgIpc) is 2.64. The number of aryl methyl sites for hydroxylation is 1. The molecule has 0 atom stereocenters. The summed E-state index contributed by atoms with van der Waals surface area (Å²) in [6, 6.07) is 14.3. The quantitative estimate of drug-likeness (QED) is 0.734. The first-order chi connectivity index (χ1) is 12.7. The van der Waals surface area contributed by atoms with Crippen molar-refractivity contribution >= 4 is 22.4 Å². The van der Waals surface area contributed by atoms with E-state index in [1.54, 1.807) is 0 Å². The molecule has 0 aliphatic heterocycles. The maximum Gasteiger partial charge on any atom is 0.131 e. The van der Waals surface area contributed by atoms with E-state index in [-0.39, 0.29) is 6.10 Å². The molecule has 3 N–H and O–H groups in total. The molecule has 1 saturated carbocycles. The van der Waals surface area contributed by atoms with Crippen LogP contribution >= 0.6 is 0 Å². The first-order valence-corrected chi connectivity index (χ1v) is 9.19. The average molecular weight is 348 g/mol. The molecule has 0 bridgehead atoms. The molecule has 0 unspecified atom stereocenters. The van der Waals surface area contributed by atoms with Crippen LogP contribution in [0, 0.1) is 6.92 Å². The van der Waals surface area contributed by atoms with Crippen molar-refractivity contribution in [3.63, 3.8) is 0 Å². The first kappa shape index (κ1) is 16.6. The number of aromatic nitrogens is 2. The van der Waals surface area contributed by atoms with Gasteiger partial charge in [0.25, 0.3) is 0 Å². The van der Waals surface area contributed by atoms with Gasteiger partial charge in [0.05, 0.1) is 17.0 Å². The Balaban J connectivity index is 1.43. The van der Waals surface area contributed by atoms with Crippen LogP contribution in [0.2, 0.25) is 0 Å². The predicted molar refractivity (Wildman–Crippen MR) is 105 cm³/mol. The largest absolute Gasteiger partial charge is 0.490 e. The maximum absolute atomic E-state index is 6.32. The molecular formula is C21H24N4O. The van der Waals surface area contributed by atoms with Crippen molar-refractivity contribution in [3.8, 4) is 5.75 Å².